The third-order valence-corrected chi connectivity index (χ3v) is 6.40. The molecule has 2 aromatic heterocycles. The van der Waals surface area contributed by atoms with Gasteiger partial charge >= 0.3 is 5.97 Å². The molecular formula is C26H22ClN5O2. The van der Waals surface area contributed by atoms with Gasteiger partial charge in [-0.05, 0) is 60.9 Å². The van der Waals surface area contributed by atoms with E-state index in [0.717, 1.165) is 27.9 Å². The molecular weight excluding hydrogens is 450 g/mol. The number of carboxylic acids is 1. The Balaban J connectivity index is 1.82. The first kappa shape index (κ1) is 22.0. The Morgan fingerprint density at radius 2 is 1.74 bits per heavy atom. The van der Waals surface area contributed by atoms with E-state index in [2.05, 4.69) is 21.2 Å². The molecule has 2 atom stereocenters. The molecule has 1 aliphatic heterocycles. The van der Waals surface area contributed by atoms with Gasteiger partial charge in [0.1, 0.15) is 11.9 Å². The average molecular weight is 472 g/mol. The maximum absolute atomic E-state index is 12.2. The fraction of sp³-hybridized carbons (Fsp3) is 0.192. The number of rotatable bonds is 5. The lowest BCUT2D eigenvalue weighted by Crippen LogP contribution is -2.23. The van der Waals surface area contributed by atoms with Crippen molar-refractivity contribution in [1.29, 1.82) is 0 Å². The summed E-state index contributed by atoms with van der Waals surface area (Å²) in [4.78, 5) is 21.4. The Morgan fingerprint density at radius 3 is 2.41 bits per heavy atom. The number of hydrogen-bond acceptors (Lipinski definition) is 5. The Morgan fingerprint density at radius 1 is 1.03 bits per heavy atom. The molecule has 0 fully saturated rings. The number of aliphatic imine (C=N–C) groups is 1. The van der Waals surface area contributed by atoms with E-state index in [1.165, 1.54) is 0 Å². The molecule has 0 radical (unpaired) electrons. The van der Waals surface area contributed by atoms with Gasteiger partial charge < -0.3 is 5.11 Å². The molecule has 2 aromatic carbocycles. The van der Waals surface area contributed by atoms with Gasteiger partial charge in [0.25, 0.3) is 0 Å². The molecule has 0 amide bonds. The number of pyridine rings is 1. The second-order valence-electron chi connectivity index (χ2n) is 8.19. The smallest absolute Gasteiger partial charge is 0.309 e. The van der Waals surface area contributed by atoms with Gasteiger partial charge in [-0.3, -0.25) is 19.3 Å². The van der Waals surface area contributed by atoms with Crippen molar-refractivity contribution in [3.8, 4) is 16.8 Å². The Hall–Kier alpha value is -3.84. The van der Waals surface area contributed by atoms with E-state index in [0.29, 0.717) is 28.8 Å². The third kappa shape index (κ3) is 3.78. The van der Waals surface area contributed by atoms with Crippen LogP contribution in [-0.4, -0.2) is 36.5 Å². The summed E-state index contributed by atoms with van der Waals surface area (Å²) in [5, 5.41) is 19.3. The van der Waals surface area contributed by atoms with Crippen molar-refractivity contribution in [2.45, 2.75) is 26.3 Å². The third-order valence-electron chi connectivity index (χ3n) is 6.14. The molecule has 7 nitrogen and oxygen atoms in total. The van der Waals surface area contributed by atoms with Crippen LogP contribution in [-0.2, 0) is 4.79 Å². The fourth-order valence-electron chi connectivity index (χ4n) is 4.42. The van der Waals surface area contributed by atoms with Crippen molar-refractivity contribution in [3.63, 3.8) is 0 Å². The van der Waals surface area contributed by atoms with Crippen LogP contribution in [0.2, 0.25) is 5.02 Å². The number of hydrogen-bond donors (Lipinski definition) is 1. The molecule has 3 heterocycles. The molecule has 0 aliphatic carbocycles. The number of aromatic nitrogens is 4. The molecule has 1 unspecified atom stereocenters. The number of carboxylic acid groups (broad SMARTS) is 1. The molecule has 0 bridgehead atoms. The average Bonchev–Trinajstić information content (AvgIpc) is 3.16. The van der Waals surface area contributed by atoms with Gasteiger partial charge in [0, 0.05) is 28.5 Å². The second-order valence-corrected chi connectivity index (χ2v) is 8.63. The molecule has 1 aliphatic rings. The lowest BCUT2D eigenvalue weighted by Gasteiger charge is -2.18. The van der Waals surface area contributed by atoms with Crippen molar-refractivity contribution < 1.29 is 9.90 Å². The van der Waals surface area contributed by atoms with E-state index in [9.17, 15) is 9.90 Å². The maximum atomic E-state index is 12.2. The summed E-state index contributed by atoms with van der Waals surface area (Å²) >= 11 is 6.16. The maximum Gasteiger partial charge on any atom is 0.309 e. The minimum atomic E-state index is -0.915. The number of fused-ring (bicyclic) bond motifs is 3. The zero-order valence-corrected chi connectivity index (χ0v) is 19.4. The minimum Gasteiger partial charge on any atom is -0.481 e. The topological polar surface area (TPSA) is 93.3 Å². The predicted octanol–water partition coefficient (Wildman–Crippen LogP) is 5.29. The summed E-state index contributed by atoms with van der Waals surface area (Å²) in [5.74, 6) is -0.472. The Bertz CT molecular complexity index is 1400. The van der Waals surface area contributed by atoms with Gasteiger partial charge in [-0.2, -0.15) is 0 Å². The number of benzene rings is 2. The summed E-state index contributed by atoms with van der Waals surface area (Å²) in [7, 11) is 0. The van der Waals surface area contributed by atoms with Crippen LogP contribution in [0.5, 0.6) is 0 Å². The van der Waals surface area contributed by atoms with Crippen molar-refractivity contribution in [3.05, 3.63) is 94.8 Å². The summed E-state index contributed by atoms with van der Waals surface area (Å²) < 4.78 is 1.92. The normalized spacial score (nSPS) is 15.6. The SMILES string of the molecule is CCC(C(=O)O)[C@@H]1N=C(c2ccc(Cl)cc2)c2cc(-c3ccncc3)ccc2-n2c(C)nnc21. The molecule has 170 valence electrons. The molecule has 8 heteroatoms. The largest absolute Gasteiger partial charge is 0.481 e. The van der Waals surface area contributed by atoms with Crippen molar-refractivity contribution in [1.82, 2.24) is 19.7 Å². The van der Waals surface area contributed by atoms with Crippen LogP contribution in [0.1, 0.15) is 42.2 Å². The molecule has 4 aromatic rings. The molecule has 5 rings (SSSR count). The van der Waals surface area contributed by atoms with Crippen LogP contribution in [0, 0.1) is 12.8 Å². The Labute approximate surface area is 201 Å². The van der Waals surface area contributed by atoms with E-state index in [1.54, 1.807) is 12.4 Å². The van der Waals surface area contributed by atoms with Crippen molar-refractivity contribution >= 4 is 23.3 Å². The highest BCUT2D eigenvalue weighted by atomic mass is 35.5. The zero-order valence-electron chi connectivity index (χ0n) is 18.7. The highest BCUT2D eigenvalue weighted by Crippen LogP contribution is 2.37. The monoisotopic (exact) mass is 471 g/mol. The standard InChI is InChI=1S/C26H22ClN5O2/c1-3-20(26(33)34)24-25-31-30-15(2)32(25)22-9-6-18(16-10-12-28-13-11-16)14-21(22)23(29-24)17-4-7-19(27)8-5-17/h4-14,20,24H,3H2,1-2H3,(H,33,34)/t20?,24-/m0/s1. The molecule has 1 N–H and O–H groups in total. The van der Waals surface area contributed by atoms with Crippen LogP contribution in [0.25, 0.3) is 16.8 Å². The van der Waals surface area contributed by atoms with E-state index >= 15 is 0 Å². The summed E-state index contributed by atoms with van der Waals surface area (Å²) in [6.45, 7) is 3.71. The second kappa shape index (κ2) is 8.83. The lowest BCUT2D eigenvalue weighted by atomic mass is 9.95. The summed E-state index contributed by atoms with van der Waals surface area (Å²) in [6, 6.07) is 16.8. The first-order chi connectivity index (χ1) is 16.5. The number of carbonyl (C=O) groups is 1. The highest BCUT2D eigenvalue weighted by molar-refractivity contribution is 6.30. The number of aliphatic carboxylic acids is 1. The number of halogens is 1. The Kier molecular flexibility index (Phi) is 5.71. The van der Waals surface area contributed by atoms with Crippen LogP contribution in [0.15, 0.2) is 72.0 Å². The summed E-state index contributed by atoms with van der Waals surface area (Å²) in [6.07, 6.45) is 3.92. The van der Waals surface area contributed by atoms with Crippen LogP contribution >= 0.6 is 11.6 Å². The van der Waals surface area contributed by atoms with Gasteiger partial charge in [-0.15, -0.1) is 10.2 Å². The molecule has 0 saturated heterocycles. The van der Waals surface area contributed by atoms with Gasteiger partial charge in [-0.1, -0.05) is 36.7 Å². The minimum absolute atomic E-state index is 0.405. The first-order valence-electron chi connectivity index (χ1n) is 11.0. The van der Waals surface area contributed by atoms with E-state index < -0.39 is 17.9 Å². The van der Waals surface area contributed by atoms with Crippen LogP contribution < -0.4 is 0 Å². The molecule has 0 spiro atoms. The van der Waals surface area contributed by atoms with Crippen LogP contribution in [0.4, 0.5) is 0 Å². The fourth-order valence-corrected chi connectivity index (χ4v) is 4.55. The van der Waals surface area contributed by atoms with E-state index in [4.69, 9.17) is 16.6 Å². The van der Waals surface area contributed by atoms with E-state index in [-0.39, 0.29) is 0 Å². The van der Waals surface area contributed by atoms with Gasteiger partial charge in [0.15, 0.2) is 5.82 Å². The van der Waals surface area contributed by atoms with Crippen molar-refractivity contribution in [2.75, 3.05) is 0 Å². The van der Waals surface area contributed by atoms with Gasteiger partial charge in [0.2, 0.25) is 0 Å². The quantitative estimate of drug-likeness (QED) is 0.426. The number of aryl methyl sites for hydroxylation is 1. The van der Waals surface area contributed by atoms with Gasteiger partial charge in [0.05, 0.1) is 17.3 Å². The van der Waals surface area contributed by atoms with Crippen molar-refractivity contribution in [2.24, 2.45) is 10.9 Å². The highest BCUT2D eigenvalue weighted by Gasteiger charge is 2.36. The lowest BCUT2D eigenvalue weighted by molar-refractivity contribution is -0.142. The predicted molar refractivity (Wildman–Crippen MR) is 131 cm³/mol. The molecule has 0 saturated carbocycles. The molecule has 34 heavy (non-hydrogen) atoms. The zero-order chi connectivity index (χ0) is 23.8. The number of nitrogens with zero attached hydrogens (tertiary/aromatic N) is 5. The van der Waals surface area contributed by atoms with Crippen LogP contribution in [0.3, 0.4) is 0 Å². The van der Waals surface area contributed by atoms with E-state index in [1.807, 2.05) is 66.9 Å². The summed E-state index contributed by atoms with van der Waals surface area (Å²) in [5.41, 5.74) is 5.28. The van der Waals surface area contributed by atoms with Gasteiger partial charge in [-0.25, -0.2) is 0 Å². The first-order valence-corrected chi connectivity index (χ1v) is 11.4.